The molecular formula is C20H14F5NO2. The Morgan fingerprint density at radius 1 is 1.04 bits per heavy atom. The standard InChI is InChI=1S/C20H14F5NO2/c1-11-18(19(2,22)10-27)17(12-3-5-13(21)6-4-12)15-9-14(28-20(23,24)25)7-8-16(15)26-11/h3-10H,1-2H3. The van der Waals surface area contributed by atoms with E-state index in [2.05, 4.69) is 9.72 Å². The van der Waals surface area contributed by atoms with E-state index in [1.807, 2.05) is 0 Å². The van der Waals surface area contributed by atoms with Crippen LogP contribution < -0.4 is 4.74 Å². The van der Waals surface area contributed by atoms with Gasteiger partial charge in [-0.1, -0.05) is 12.1 Å². The molecule has 3 nitrogen and oxygen atoms in total. The number of pyridine rings is 1. The first-order chi connectivity index (χ1) is 13.0. The highest BCUT2D eigenvalue weighted by Crippen LogP contribution is 2.41. The number of carbonyl (C=O) groups is 1. The normalized spacial score (nSPS) is 14.0. The minimum absolute atomic E-state index is 0.0892. The zero-order chi connectivity index (χ0) is 20.7. The molecule has 0 bridgehead atoms. The molecule has 1 heterocycles. The van der Waals surface area contributed by atoms with Crippen molar-refractivity contribution in [2.45, 2.75) is 25.9 Å². The summed E-state index contributed by atoms with van der Waals surface area (Å²) in [6, 6.07) is 8.43. The Bertz CT molecular complexity index is 1040. The molecule has 0 radical (unpaired) electrons. The number of alkyl halides is 4. The summed E-state index contributed by atoms with van der Waals surface area (Å²) in [7, 11) is 0. The van der Waals surface area contributed by atoms with Crippen molar-refractivity contribution in [3.8, 4) is 16.9 Å². The number of hydrogen-bond acceptors (Lipinski definition) is 3. The van der Waals surface area contributed by atoms with Crippen LogP contribution in [0, 0.1) is 12.7 Å². The van der Waals surface area contributed by atoms with Gasteiger partial charge in [-0.3, -0.25) is 9.78 Å². The fourth-order valence-corrected chi connectivity index (χ4v) is 3.14. The summed E-state index contributed by atoms with van der Waals surface area (Å²) >= 11 is 0. The van der Waals surface area contributed by atoms with E-state index in [-0.39, 0.29) is 34.0 Å². The Morgan fingerprint density at radius 2 is 1.68 bits per heavy atom. The van der Waals surface area contributed by atoms with Crippen molar-refractivity contribution in [1.82, 2.24) is 4.98 Å². The molecule has 28 heavy (non-hydrogen) atoms. The molecule has 3 rings (SSSR count). The summed E-state index contributed by atoms with van der Waals surface area (Å²) in [4.78, 5) is 15.6. The van der Waals surface area contributed by atoms with Gasteiger partial charge in [0.25, 0.3) is 0 Å². The smallest absolute Gasteiger partial charge is 0.406 e. The van der Waals surface area contributed by atoms with Crippen LogP contribution in [-0.4, -0.2) is 17.6 Å². The van der Waals surface area contributed by atoms with E-state index in [9.17, 15) is 22.4 Å². The van der Waals surface area contributed by atoms with Gasteiger partial charge in [0.15, 0.2) is 12.0 Å². The van der Waals surface area contributed by atoms with Crippen LogP contribution in [0.15, 0.2) is 42.5 Å². The second-order valence-electron chi connectivity index (χ2n) is 6.37. The minimum atomic E-state index is -4.91. The molecule has 0 spiro atoms. The van der Waals surface area contributed by atoms with Crippen LogP contribution >= 0.6 is 0 Å². The number of halogens is 5. The van der Waals surface area contributed by atoms with Gasteiger partial charge in [-0.05, 0) is 55.3 Å². The fourth-order valence-electron chi connectivity index (χ4n) is 3.14. The molecule has 0 aliphatic rings. The number of benzene rings is 2. The molecular weight excluding hydrogens is 381 g/mol. The highest BCUT2D eigenvalue weighted by Gasteiger charge is 2.34. The van der Waals surface area contributed by atoms with Crippen molar-refractivity contribution in [2.24, 2.45) is 0 Å². The van der Waals surface area contributed by atoms with Crippen molar-refractivity contribution in [1.29, 1.82) is 0 Å². The zero-order valence-electron chi connectivity index (χ0n) is 14.8. The molecule has 0 amide bonds. The van der Waals surface area contributed by atoms with Crippen LogP contribution in [0.3, 0.4) is 0 Å². The molecule has 0 aliphatic carbocycles. The molecule has 0 N–H and O–H groups in total. The number of ether oxygens (including phenoxy) is 1. The number of aromatic nitrogens is 1. The van der Waals surface area contributed by atoms with E-state index < -0.39 is 23.6 Å². The summed E-state index contributed by atoms with van der Waals surface area (Å²) in [6.07, 6.45) is -4.83. The molecule has 146 valence electrons. The highest BCUT2D eigenvalue weighted by atomic mass is 19.4. The largest absolute Gasteiger partial charge is 0.573 e. The topological polar surface area (TPSA) is 39.2 Å². The van der Waals surface area contributed by atoms with Gasteiger partial charge in [-0.25, -0.2) is 8.78 Å². The van der Waals surface area contributed by atoms with Crippen molar-refractivity contribution >= 4 is 17.2 Å². The van der Waals surface area contributed by atoms with Gasteiger partial charge in [-0.15, -0.1) is 13.2 Å². The Labute approximate surface area is 156 Å². The molecule has 0 aliphatic heterocycles. The third-order valence-electron chi connectivity index (χ3n) is 4.21. The van der Waals surface area contributed by atoms with Crippen LogP contribution in [0.2, 0.25) is 0 Å². The Hall–Kier alpha value is -3.03. The Morgan fingerprint density at radius 3 is 2.25 bits per heavy atom. The van der Waals surface area contributed by atoms with E-state index in [1.165, 1.54) is 25.1 Å². The van der Waals surface area contributed by atoms with Crippen LogP contribution in [-0.2, 0) is 10.5 Å². The lowest BCUT2D eigenvalue weighted by Gasteiger charge is -2.22. The average Bonchev–Trinajstić information content (AvgIpc) is 2.60. The van der Waals surface area contributed by atoms with Crippen molar-refractivity contribution in [3.05, 3.63) is 59.5 Å². The number of fused-ring (bicyclic) bond motifs is 1. The highest BCUT2D eigenvalue weighted by molar-refractivity contribution is 5.99. The zero-order valence-corrected chi connectivity index (χ0v) is 14.8. The Balaban J connectivity index is 2.40. The maximum absolute atomic E-state index is 15.0. The average molecular weight is 395 g/mol. The first kappa shape index (κ1) is 19.7. The third-order valence-corrected chi connectivity index (χ3v) is 4.21. The summed E-state index contributed by atoms with van der Waals surface area (Å²) in [5, 5.41) is 0.139. The van der Waals surface area contributed by atoms with Crippen LogP contribution in [0.1, 0.15) is 18.2 Å². The lowest BCUT2D eigenvalue weighted by Crippen LogP contribution is -2.21. The molecule has 0 saturated carbocycles. The van der Waals surface area contributed by atoms with E-state index in [4.69, 9.17) is 0 Å². The monoisotopic (exact) mass is 395 g/mol. The summed E-state index contributed by atoms with van der Waals surface area (Å²) in [5.74, 6) is -1.06. The van der Waals surface area contributed by atoms with Crippen molar-refractivity contribution < 1.29 is 31.5 Å². The molecule has 0 saturated heterocycles. The Kier molecular flexibility index (Phi) is 4.82. The maximum Gasteiger partial charge on any atom is 0.573 e. The van der Waals surface area contributed by atoms with Gasteiger partial charge in [0.2, 0.25) is 0 Å². The van der Waals surface area contributed by atoms with E-state index in [0.29, 0.717) is 5.56 Å². The van der Waals surface area contributed by atoms with Gasteiger partial charge < -0.3 is 4.74 Å². The third kappa shape index (κ3) is 3.81. The van der Waals surface area contributed by atoms with E-state index in [1.54, 1.807) is 0 Å². The van der Waals surface area contributed by atoms with E-state index in [0.717, 1.165) is 31.2 Å². The molecule has 8 heteroatoms. The van der Waals surface area contributed by atoms with Crippen LogP contribution in [0.4, 0.5) is 22.0 Å². The molecule has 0 fully saturated rings. The summed E-state index contributed by atoms with van der Waals surface area (Å²) in [5.41, 5.74) is -1.64. The summed E-state index contributed by atoms with van der Waals surface area (Å²) in [6.45, 7) is 2.52. The molecule has 1 atom stereocenters. The van der Waals surface area contributed by atoms with Gasteiger partial charge >= 0.3 is 6.36 Å². The number of rotatable bonds is 4. The van der Waals surface area contributed by atoms with Crippen LogP contribution in [0.25, 0.3) is 22.0 Å². The van der Waals surface area contributed by atoms with Crippen LogP contribution in [0.5, 0.6) is 5.75 Å². The summed E-state index contributed by atoms with van der Waals surface area (Å²) < 4.78 is 70.2. The number of nitrogens with zero attached hydrogens (tertiary/aromatic N) is 1. The molecule has 3 aromatic rings. The lowest BCUT2D eigenvalue weighted by molar-refractivity contribution is -0.274. The van der Waals surface area contributed by atoms with E-state index >= 15 is 4.39 Å². The predicted octanol–water partition coefficient (Wildman–Crippen LogP) is 5.63. The number of hydrogen-bond donors (Lipinski definition) is 0. The molecule has 1 unspecified atom stereocenters. The van der Waals surface area contributed by atoms with Crippen molar-refractivity contribution in [3.63, 3.8) is 0 Å². The number of carbonyl (C=O) groups excluding carboxylic acids is 1. The number of aryl methyl sites for hydroxylation is 1. The SMILES string of the molecule is Cc1nc2ccc(OC(F)(F)F)cc2c(-c2ccc(F)cc2)c1C(C)(F)C=O. The molecule has 2 aromatic carbocycles. The maximum atomic E-state index is 15.0. The predicted molar refractivity (Wildman–Crippen MR) is 93.1 cm³/mol. The second kappa shape index (κ2) is 6.85. The van der Waals surface area contributed by atoms with Gasteiger partial charge in [-0.2, -0.15) is 0 Å². The first-order valence-corrected chi connectivity index (χ1v) is 8.13. The van der Waals surface area contributed by atoms with Gasteiger partial charge in [0.05, 0.1) is 5.52 Å². The quantitative estimate of drug-likeness (QED) is 0.424. The second-order valence-corrected chi connectivity index (χ2v) is 6.37. The molecule has 1 aromatic heterocycles. The van der Waals surface area contributed by atoms with Gasteiger partial charge in [0, 0.05) is 16.6 Å². The van der Waals surface area contributed by atoms with Crippen molar-refractivity contribution in [2.75, 3.05) is 0 Å². The minimum Gasteiger partial charge on any atom is -0.406 e. The first-order valence-electron chi connectivity index (χ1n) is 8.13. The number of aldehydes is 1. The lowest BCUT2D eigenvalue weighted by atomic mass is 9.86. The fraction of sp³-hybridized carbons (Fsp3) is 0.200. The van der Waals surface area contributed by atoms with Gasteiger partial charge in [0.1, 0.15) is 11.6 Å².